The number of thioether (sulfide) groups is 1. The fourth-order valence-electron chi connectivity index (χ4n) is 1.96. The molecule has 0 saturated carbocycles. The molecule has 2 aromatic carbocycles. The highest BCUT2D eigenvalue weighted by Crippen LogP contribution is 2.23. The average Bonchev–Trinajstić information content (AvgIpc) is 2.63. The Morgan fingerprint density at radius 2 is 1.76 bits per heavy atom. The van der Waals surface area contributed by atoms with Crippen LogP contribution < -0.4 is 5.43 Å². The summed E-state index contributed by atoms with van der Waals surface area (Å²) in [6, 6.07) is 14.8. The van der Waals surface area contributed by atoms with Gasteiger partial charge in [0.15, 0.2) is 0 Å². The van der Waals surface area contributed by atoms with Crippen molar-refractivity contribution in [2.75, 3.05) is 7.11 Å². The maximum Gasteiger partial charge on any atom is 0.337 e. The summed E-state index contributed by atoms with van der Waals surface area (Å²) in [5.41, 5.74) is 4.95. The van der Waals surface area contributed by atoms with E-state index in [2.05, 4.69) is 15.3 Å². The van der Waals surface area contributed by atoms with Crippen LogP contribution in [-0.4, -0.2) is 30.5 Å². The zero-order valence-corrected chi connectivity index (χ0v) is 15.2. The molecule has 2 aromatic rings. The summed E-state index contributed by atoms with van der Waals surface area (Å²) in [4.78, 5) is 24.5. The minimum atomic E-state index is -0.390. The molecule has 1 amide bonds. The second-order valence-electron chi connectivity index (χ2n) is 5.42. The number of methoxy groups -OCH3 is 1. The van der Waals surface area contributed by atoms with E-state index in [1.165, 1.54) is 30.6 Å². The molecule has 0 bridgehead atoms. The van der Waals surface area contributed by atoms with E-state index in [4.69, 9.17) is 0 Å². The van der Waals surface area contributed by atoms with Gasteiger partial charge in [-0.15, -0.1) is 11.8 Å². The molecular weight excluding hydrogens is 336 g/mol. The van der Waals surface area contributed by atoms with Gasteiger partial charge in [-0.2, -0.15) is 5.10 Å². The Labute approximate surface area is 151 Å². The van der Waals surface area contributed by atoms with Gasteiger partial charge in [0.1, 0.15) is 0 Å². The van der Waals surface area contributed by atoms with Crippen molar-refractivity contribution < 1.29 is 14.3 Å². The highest BCUT2D eigenvalue weighted by molar-refractivity contribution is 8.00. The number of carbonyl (C=O) groups is 2. The van der Waals surface area contributed by atoms with Crippen molar-refractivity contribution in [1.82, 2.24) is 5.43 Å². The molecule has 25 heavy (non-hydrogen) atoms. The number of rotatable bonds is 6. The first-order valence-electron chi connectivity index (χ1n) is 7.74. The van der Waals surface area contributed by atoms with Gasteiger partial charge in [0.05, 0.1) is 24.1 Å². The van der Waals surface area contributed by atoms with Gasteiger partial charge >= 0.3 is 5.97 Å². The van der Waals surface area contributed by atoms with Crippen LogP contribution in [0.15, 0.2) is 58.5 Å². The SMILES string of the molecule is COC(=O)c1ccc(/C=N\NC(=O)[C@H](C)Sc2ccc(C)cc2)cc1. The molecule has 0 radical (unpaired) electrons. The molecule has 0 spiro atoms. The van der Waals surface area contributed by atoms with E-state index >= 15 is 0 Å². The Morgan fingerprint density at radius 3 is 2.36 bits per heavy atom. The Bertz CT molecular complexity index is 755. The van der Waals surface area contributed by atoms with Gasteiger partial charge in [0.2, 0.25) is 0 Å². The highest BCUT2D eigenvalue weighted by Gasteiger charge is 2.13. The Balaban J connectivity index is 1.86. The van der Waals surface area contributed by atoms with Crippen LogP contribution in [0.4, 0.5) is 0 Å². The van der Waals surface area contributed by atoms with E-state index < -0.39 is 5.97 Å². The van der Waals surface area contributed by atoms with Crippen LogP contribution in [0.5, 0.6) is 0 Å². The first-order chi connectivity index (χ1) is 12.0. The standard InChI is InChI=1S/C19H20N2O3S/c1-13-4-10-17(11-5-13)25-14(2)18(22)21-20-12-15-6-8-16(9-7-15)19(23)24-3/h4-12,14H,1-3H3,(H,21,22)/b20-12-/t14-/m0/s1. The molecule has 0 fully saturated rings. The fraction of sp³-hybridized carbons (Fsp3) is 0.211. The normalized spacial score (nSPS) is 12.0. The summed E-state index contributed by atoms with van der Waals surface area (Å²) < 4.78 is 4.64. The number of ether oxygens (including phenoxy) is 1. The van der Waals surface area contributed by atoms with E-state index in [0.29, 0.717) is 5.56 Å². The third kappa shape index (κ3) is 5.76. The lowest BCUT2D eigenvalue weighted by molar-refractivity contribution is -0.120. The number of hydrogen-bond donors (Lipinski definition) is 1. The second kappa shape index (κ2) is 9.03. The van der Waals surface area contributed by atoms with Crippen molar-refractivity contribution in [3.05, 3.63) is 65.2 Å². The smallest absolute Gasteiger partial charge is 0.337 e. The number of carbonyl (C=O) groups excluding carboxylic acids is 2. The molecule has 0 heterocycles. The lowest BCUT2D eigenvalue weighted by atomic mass is 10.1. The maximum atomic E-state index is 12.1. The molecule has 2 rings (SSSR count). The fourth-order valence-corrected chi connectivity index (χ4v) is 2.82. The molecule has 0 aliphatic carbocycles. The van der Waals surface area contributed by atoms with Crippen LogP contribution in [-0.2, 0) is 9.53 Å². The van der Waals surface area contributed by atoms with Gasteiger partial charge < -0.3 is 4.74 Å². The van der Waals surface area contributed by atoms with Gasteiger partial charge in [-0.25, -0.2) is 10.2 Å². The number of hydrazone groups is 1. The van der Waals surface area contributed by atoms with Crippen LogP contribution in [0.1, 0.15) is 28.4 Å². The van der Waals surface area contributed by atoms with Crippen molar-refractivity contribution in [2.45, 2.75) is 24.0 Å². The number of aryl methyl sites for hydroxylation is 1. The average molecular weight is 356 g/mol. The summed E-state index contributed by atoms with van der Waals surface area (Å²) in [5.74, 6) is -0.563. The first kappa shape index (κ1) is 18.7. The van der Waals surface area contributed by atoms with Crippen LogP contribution in [0.25, 0.3) is 0 Å². The van der Waals surface area contributed by atoms with E-state index in [9.17, 15) is 9.59 Å². The third-order valence-corrected chi connectivity index (χ3v) is 4.54. The monoisotopic (exact) mass is 356 g/mol. The topological polar surface area (TPSA) is 67.8 Å². The molecule has 1 atom stereocenters. The van der Waals surface area contributed by atoms with E-state index in [1.807, 2.05) is 38.1 Å². The minimum Gasteiger partial charge on any atom is -0.465 e. The minimum absolute atomic E-state index is 0.173. The summed E-state index contributed by atoms with van der Waals surface area (Å²) in [6.45, 7) is 3.86. The Kier molecular flexibility index (Phi) is 6.77. The van der Waals surface area contributed by atoms with E-state index in [1.54, 1.807) is 24.3 Å². The van der Waals surface area contributed by atoms with Crippen LogP contribution in [0.3, 0.4) is 0 Å². The highest BCUT2D eigenvalue weighted by atomic mass is 32.2. The molecule has 0 aromatic heterocycles. The molecule has 1 N–H and O–H groups in total. The summed E-state index contributed by atoms with van der Waals surface area (Å²) in [7, 11) is 1.34. The molecule has 0 aliphatic rings. The number of nitrogens with zero attached hydrogens (tertiary/aromatic N) is 1. The van der Waals surface area contributed by atoms with E-state index in [-0.39, 0.29) is 11.2 Å². The molecule has 6 heteroatoms. The summed E-state index contributed by atoms with van der Waals surface area (Å²) in [5, 5.41) is 3.70. The molecular formula is C19H20N2O3S. The van der Waals surface area contributed by atoms with Crippen molar-refractivity contribution in [1.29, 1.82) is 0 Å². The maximum absolute atomic E-state index is 12.1. The molecule has 5 nitrogen and oxygen atoms in total. The number of benzene rings is 2. The lowest BCUT2D eigenvalue weighted by Gasteiger charge is -2.09. The van der Waals surface area contributed by atoms with E-state index in [0.717, 1.165) is 10.5 Å². The number of nitrogens with one attached hydrogen (secondary N) is 1. The van der Waals surface area contributed by atoms with Gasteiger partial charge in [-0.05, 0) is 43.7 Å². The first-order valence-corrected chi connectivity index (χ1v) is 8.62. The number of hydrogen-bond acceptors (Lipinski definition) is 5. The van der Waals surface area contributed by atoms with Crippen LogP contribution >= 0.6 is 11.8 Å². The van der Waals surface area contributed by atoms with Crippen molar-refractivity contribution in [2.24, 2.45) is 5.10 Å². The van der Waals surface area contributed by atoms with Gasteiger partial charge in [0.25, 0.3) is 5.91 Å². The quantitative estimate of drug-likeness (QED) is 0.373. The Hall–Kier alpha value is -2.60. The van der Waals surface area contributed by atoms with Crippen molar-refractivity contribution in [3.8, 4) is 0 Å². The van der Waals surface area contributed by atoms with Gasteiger partial charge in [-0.3, -0.25) is 4.79 Å². The molecule has 0 saturated heterocycles. The van der Waals surface area contributed by atoms with Crippen molar-refractivity contribution in [3.63, 3.8) is 0 Å². The number of esters is 1. The second-order valence-corrected chi connectivity index (χ2v) is 6.84. The predicted octanol–water partition coefficient (Wildman–Crippen LogP) is 3.41. The summed E-state index contributed by atoms with van der Waals surface area (Å²) >= 11 is 1.48. The van der Waals surface area contributed by atoms with Crippen molar-refractivity contribution >= 4 is 29.9 Å². The molecule has 130 valence electrons. The lowest BCUT2D eigenvalue weighted by Crippen LogP contribution is -2.26. The Morgan fingerprint density at radius 1 is 1.12 bits per heavy atom. The van der Waals surface area contributed by atoms with Gasteiger partial charge in [-0.1, -0.05) is 29.8 Å². The molecule has 0 aliphatic heterocycles. The predicted molar refractivity (Wildman–Crippen MR) is 100 cm³/mol. The third-order valence-electron chi connectivity index (χ3n) is 3.42. The van der Waals surface area contributed by atoms with Crippen LogP contribution in [0, 0.1) is 6.92 Å². The zero-order chi connectivity index (χ0) is 18.2. The van der Waals surface area contributed by atoms with Crippen LogP contribution in [0.2, 0.25) is 0 Å². The summed E-state index contributed by atoms with van der Waals surface area (Å²) in [6.07, 6.45) is 1.53. The zero-order valence-electron chi connectivity index (χ0n) is 14.4. The largest absolute Gasteiger partial charge is 0.465 e. The van der Waals surface area contributed by atoms with Gasteiger partial charge in [0, 0.05) is 4.90 Å². The molecule has 0 unspecified atom stereocenters. The number of amides is 1.